The monoisotopic (exact) mass is 204 g/mol. The van der Waals surface area contributed by atoms with Crippen molar-refractivity contribution in [2.45, 2.75) is 0 Å². The van der Waals surface area contributed by atoms with Crippen LogP contribution in [0.1, 0.15) is 10.4 Å². The molecule has 0 saturated carbocycles. The largest absolute Gasteiger partial charge is 0.412 e. The summed E-state index contributed by atoms with van der Waals surface area (Å²) in [6.45, 7) is 0. The first-order valence-electron chi connectivity index (χ1n) is 4.17. The molecule has 0 radical (unpaired) electrons. The van der Waals surface area contributed by atoms with E-state index >= 15 is 0 Å². The summed E-state index contributed by atoms with van der Waals surface area (Å²) >= 11 is 1.40. The van der Waals surface area contributed by atoms with E-state index in [0.29, 0.717) is 10.6 Å². The lowest BCUT2D eigenvalue weighted by Gasteiger charge is -1.99. The maximum absolute atomic E-state index is 11.5. The number of esters is 1. The highest BCUT2D eigenvalue weighted by molar-refractivity contribution is 7.11. The average Bonchev–Trinajstić information content (AvgIpc) is 2.72. The minimum absolute atomic E-state index is 0.312. The van der Waals surface area contributed by atoms with Crippen LogP contribution < -0.4 is 4.74 Å². The first kappa shape index (κ1) is 8.97. The molecular weight excluding hydrogens is 196 g/mol. The van der Waals surface area contributed by atoms with E-state index in [-0.39, 0.29) is 5.97 Å². The van der Waals surface area contributed by atoms with Gasteiger partial charge in [-0.3, -0.25) is 0 Å². The molecule has 0 bridgehead atoms. The van der Waals surface area contributed by atoms with Crippen LogP contribution in [-0.4, -0.2) is 5.97 Å². The van der Waals surface area contributed by atoms with Crippen LogP contribution in [0.15, 0.2) is 47.8 Å². The lowest BCUT2D eigenvalue weighted by molar-refractivity contribution is 0.0740. The molecule has 0 atom stereocenters. The molecule has 0 aliphatic heterocycles. The van der Waals surface area contributed by atoms with E-state index in [4.69, 9.17) is 4.74 Å². The summed E-state index contributed by atoms with van der Waals surface area (Å²) in [5.74, 6) is -0.312. The van der Waals surface area contributed by atoms with Crippen LogP contribution in [-0.2, 0) is 0 Å². The van der Waals surface area contributed by atoms with Gasteiger partial charge in [0, 0.05) is 0 Å². The van der Waals surface area contributed by atoms with Crippen molar-refractivity contribution in [1.29, 1.82) is 0 Å². The molecule has 1 heterocycles. The Kier molecular flexibility index (Phi) is 2.60. The smallest absolute Gasteiger partial charge is 0.344 e. The molecular formula is C11H8O2S. The van der Waals surface area contributed by atoms with Crippen molar-refractivity contribution >= 4 is 17.3 Å². The molecule has 2 aromatic rings. The van der Waals surface area contributed by atoms with Gasteiger partial charge in [-0.2, -0.15) is 0 Å². The van der Waals surface area contributed by atoms with Gasteiger partial charge < -0.3 is 4.74 Å². The normalized spacial score (nSPS) is 9.71. The lowest BCUT2D eigenvalue weighted by Crippen LogP contribution is -2.06. The van der Waals surface area contributed by atoms with E-state index in [1.54, 1.807) is 18.2 Å². The molecule has 70 valence electrons. The van der Waals surface area contributed by atoms with Crippen LogP contribution >= 0.6 is 11.3 Å². The third-order valence-electron chi connectivity index (χ3n) is 1.70. The SMILES string of the molecule is O=C(Oc1cccs1)c1ccccc1. The molecule has 0 aliphatic carbocycles. The first-order chi connectivity index (χ1) is 6.86. The summed E-state index contributed by atoms with van der Waals surface area (Å²) in [4.78, 5) is 11.5. The minimum atomic E-state index is -0.312. The summed E-state index contributed by atoms with van der Waals surface area (Å²) in [5, 5.41) is 2.49. The van der Waals surface area contributed by atoms with Gasteiger partial charge in [-0.15, -0.1) is 11.3 Å². The summed E-state index contributed by atoms with van der Waals surface area (Å²) in [6.07, 6.45) is 0. The van der Waals surface area contributed by atoms with E-state index in [2.05, 4.69) is 0 Å². The minimum Gasteiger partial charge on any atom is -0.412 e. The van der Waals surface area contributed by atoms with Crippen molar-refractivity contribution in [2.24, 2.45) is 0 Å². The molecule has 0 spiro atoms. The molecule has 2 rings (SSSR count). The first-order valence-corrected chi connectivity index (χ1v) is 5.05. The Balaban J connectivity index is 2.11. The van der Waals surface area contributed by atoms with E-state index in [0.717, 1.165) is 0 Å². The zero-order valence-electron chi connectivity index (χ0n) is 7.34. The van der Waals surface area contributed by atoms with Crippen molar-refractivity contribution in [1.82, 2.24) is 0 Å². The Morgan fingerprint density at radius 2 is 1.86 bits per heavy atom. The van der Waals surface area contributed by atoms with Gasteiger partial charge >= 0.3 is 5.97 Å². The molecule has 0 N–H and O–H groups in total. The van der Waals surface area contributed by atoms with Gasteiger partial charge in [0.05, 0.1) is 5.56 Å². The number of carbonyl (C=O) groups excluding carboxylic acids is 1. The van der Waals surface area contributed by atoms with E-state index in [1.807, 2.05) is 29.6 Å². The van der Waals surface area contributed by atoms with Crippen LogP contribution in [0.2, 0.25) is 0 Å². The van der Waals surface area contributed by atoms with Gasteiger partial charge in [0.25, 0.3) is 0 Å². The number of ether oxygens (including phenoxy) is 1. The van der Waals surface area contributed by atoms with Gasteiger partial charge in [0.2, 0.25) is 0 Å². The predicted octanol–water partition coefficient (Wildman–Crippen LogP) is 2.97. The zero-order valence-corrected chi connectivity index (χ0v) is 8.16. The molecule has 0 aliphatic rings. The van der Waals surface area contributed by atoms with Gasteiger partial charge in [-0.1, -0.05) is 18.2 Å². The van der Waals surface area contributed by atoms with Gasteiger partial charge in [0.1, 0.15) is 0 Å². The Morgan fingerprint density at radius 1 is 1.07 bits per heavy atom. The number of carbonyl (C=O) groups is 1. The van der Waals surface area contributed by atoms with Crippen molar-refractivity contribution in [3.63, 3.8) is 0 Å². The highest BCUT2D eigenvalue weighted by atomic mass is 32.1. The summed E-state index contributed by atoms with van der Waals surface area (Å²) in [6, 6.07) is 12.6. The van der Waals surface area contributed by atoms with Crippen molar-refractivity contribution < 1.29 is 9.53 Å². The van der Waals surface area contributed by atoms with Gasteiger partial charge in [0.15, 0.2) is 5.06 Å². The summed E-state index contributed by atoms with van der Waals surface area (Å²) in [7, 11) is 0. The predicted molar refractivity (Wildman–Crippen MR) is 55.7 cm³/mol. The Labute approximate surface area is 85.8 Å². The molecule has 0 amide bonds. The molecule has 2 nitrogen and oxygen atoms in total. The fraction of sp³-hybridized carbons (Fsp3) is 0. The number of thiophene rings is 1. The maximum Gasteiger partial charge on any atom is 0.344 e. The van der Waals surface area contributed by atoms with E-state index in [9.17, 15) is 4.79 Å². The second-order valence-corrected chi connectivity index (χ2v) is 3.60. The second kappa shape index (κ2) is 4.07. The van der Waals surface area contributed by atoms with Crippen LogP contribution in [0.4, 0.5) is 0 Å². The topological polar surface area (TPSA) is 26.3 Å². The third kappa shape index (κ3) is 2.00. The van der Waals surface area contributed by atoms with Crippen LogP contribution in [0.25, 0.3) is 0 Å². The highest BCUT2D eigenvalue weighted by Crippen LogP contribution is 2.19. The summed E-state index contributed by atoms with van der Waals surface area (Å²) in [5.41, 5.74) is 0.570. The molecule has 0 fully saturated rings. The highest BCUT2D eigenvalue weighted by Gasteiger charge is 2.07. The second-order valence-electron chi connectivity index (χ2n) is 2.69. The molecule has 1 aromatic carbocycles. The van der Waals surface area contributed by atoms with Crippen LogP contribution in [0.3, 0.4) is 0 Å². The zero-order chi connectivity index (χ0) is 9.80. The van der Waals surface area contributed by atoms with E-state index < -0.39 is 0 Å². The standard InChI is InChI=1S/C11H8O2S/c12-11(9-5-2-1-3-6-9)13-10-7-4-8-14-10/h1-8H. The molecule has 0 saturated heterocycles. The van der Waals surface area contributed by atoms with Crippen molar-refractivity contribution in [3.05, 3.63) is 53.4 Å². The summed E-state index contributed by atoms with van der Waals surface area (Å²) < 4.78 is 5.12. The van der Waals surface area contributed by atoms with Crippen LogP contribution in [0.5, 0.6) is 5.06 Å². The van der Waals surface area contributed by atoms with Crippen molar-refractivity contribution in [3.8, 4) is 5.06 Å². The Hall–Kier alpha value is -1.61. The quantitative estimate of drug-likeness (QED) is 0.703. The van der Waals surface area contributed by atoms with Gasteiger partial charge in [-0.05, 0) is 29.6 Å². The fourth-order valence-corrected chi connectivity index (χ4v) is 1.62. The van der Waals surface area contributed by atoms with Gasteiger partial charge in [-0.25, -0.2) is 4.79 Å². The molecule has 0 unspecified atom stereocenters. The fourth-order valence-electron chi connectivity index (χ4n) is 1.05. The third-order valence-corrected chi connectivity index (χ3v) is 2.44. The van der Waals surface area contributed by atoms with Crippen LogP contribution in [0, 0.1) is 0 Å². The number of rotatable bonds is 2. The number of hydrogen-bond donors (Lipinski definition) is 0. The molecule has 1 aromatic heterocycles. The molecule has 3 heteroatoms. The number of benzene rings is 1. The Bertz CT molecular complexity index is 406. The molecule has 14 heavy (non-hydrogen) atoms. The maximum atomic E-state index is 11.5. The Morgan fingerprint density at radius 3 is 2.50 bits per heavy atom. The lowest BCUT2D eigenvalue weighted by atomic mass is 10.2. The number of hydrogen-bond acceptors (Lipinski definition) is 3. The van der Waals surface area contributed by atoms with E-state index in [1.165, 1.54) is 11.3 Å². The van der Waals surface area contributed by atoms with Crippen molar-refractivity contribution in [2.75, 3.05) is 0 Å². The average molecular weight is 204 g/mol.